The van der Waals surface area contributed by atoms with Crippen molar-refractivity contribution in [3.63, 3.8) is 0 Å². The molecule has 10 heteroatoms. The molecule has 3 amide bonds. The first-order chi connectivity index (χ1) is 14.4. The summed E-state index contributed by atoms with van der Waals surface area (Å²) in [6.07, 6.45) is 1.82. The Labute approximate surface area is 177 Å². The largest absolute Gasteiger partial charge is 0.315 e. The number of thioether (sulfide) groups is 1. The van der Waals surface area contributed by atoms with E-state index in [1.54, 1.807) is 40.9 Å². The van der Waals surface area contributed by atoms with Crippen LogP contribution in [0.15, 0.2) is 29.1 Å². The van der Waals surface area contributed by atoms with Crippen molar-refractivity contribution in [3.05, 3.63) is 40.3 Å². The summed E-state index contributed by atoms with van der Waals surface area (Å²) in [6.45, 7) is 4.25. The second kappa shape index (κ2) is 7.75. The van der Waals surface area contributed by atoms with Gasteiger partial charge in [0.1, 0.15) is 6.04 Å². The summed E-state index contributed by atoms with van der Waals surface area (Å²) < 4.78 is 1.26. The quantitative estimate of drug-likeness (QED) is 0.702. The number of rotatable bonds is 4. The first kappa shape index (κ1) is 20.4. The summed E-state index contributed by atoms with van der Waals surface area (Å²) >= 11 is 1.58. The van der Waals surface area contributed by atoms with E-state index in [0.29, 0.717) is 42.3 Å². The molecular formula is C20H23N5O4S. The smallest absolute Gasteiger partial charge is 0.290 e. The summed E-state index contributed by atoms with van der Waals surface area (Å²) in [5.41, 5.74) is 4.63. The van der Waals surface area contributed by atoms with Crippen molar-refractivity contribution in [2.24, 2.45) is 0 Å². The molecule has 1 unspecified atom stereocenters. The molecule has 1 aromatic heterocycles. The van der Waals surface area contributed by atoms with Crippen LogP contribution in [0.2, 0.25) is 0 Å². The van der Waals surface area contributed by atoms with E-state index in [1.165, 1.54) is 4.68 Å². The van der Waals surface area contributed by atoms with Crippen LogP contribution in [0.3, 0.4) is 0 Å². The molecule has 1 aromatic carbocycles. The molecule has 2 aliphatic heterocycles. The van der Waals surface area contributed by atoms with E-state index in [0.717, 1.165) is 0 Å². The predicted molar refractivity (Wildman–Crippen MR) is 113 cm³/mol. The molecule has 2 aromatic rings. The second-order valence-corrected chi connectivity index (χ2v) is 9.13. The van der Waals surface area contributed by atoms with E-state index in [-0.39, 0.29) is 22.0 Å². The van der Waals surface area contributed by atoms with Crippen molar-refractivity contribution in [1.82, 2.24) is 25.5 Å². The van der Waals surface area contributed by atoms with E-state index in [2.05, 4.69) is 16.0 Å². The van der Waals surface area contributed by atoms with Crippen LogP contribution >= 0.6 is 11.8 Å². The van der Waals surface area contributed by atoms with Gasteiger partial charge in [0.05, 0.1) is 10.3 Å². The van der Waals surface area contributed by atoms with Gasteiger partial charge in [0.15, 0.2) is 5.69 Å². The zero-order valence-electron chi connectivity index (χ0n) is 16.8. The molecule has 30 heavy (non-hydrogen) atoms. The number of aromatic nitrogens is 2. The normalized spacial score (nSPS) is 22.9. The number of nitrogens with one attached hydrogen (secondary N) is 2. The molecule has 0 radical (unpaired) electrons. The second-order valence-electron chi connectivity index (χ2n) is 7.63. The molecular weight excluding hydrogens is 406 g/mol. The molecule has 2 aliphatic rings. The van der Waals surface area contributed by atoms with Gasteiger partial charge in [0.2, 0.25) is 5.91 Å². The standard InChI is InChI=1S/C20H23N5O4S/c1-3-10-24-19(29)13-7-5-4-6-12(13)16(23-24)18(28)22-21-17(27)14-11-30-20(2)9-8-15(26)25(14)20/h4-7,14H,3,8-11H2,1-2H3,(H,21,27)(H,22,28)/t14?,20-/m1/s1. The van der Waals surface area contributed by atoms with E-state index in [4.69, 9.17) is 0 Å². The van der Waals surface area contributed by atoms with Gasteiger partial charge in [-0.1, -0.05) is 25.1 Å². The Balaban J connectivity index is 1.54. The Hall–Kier alpha value is -2.88. The molecule has 158 valence electrons. The maximum atomic E-state index is 12.8. The monoisotopic (exact) mass is 429 g/mol. The van der Waals surface area contributed by atoms with Crippen LogP contribution in [-0.2, 0) is 16.1 Å². The number of hydrogen-bond acceptors (Lipinski definition) is 6. The minimum Gasteiger partial charge on any atom is -0.315 e. The summed E-state index contributed by atoms with van der Waals surface area (Å²) in [5, 5.41) is 5.02. The van der Waals surface area contributed by atoms with Crippen LogP contribution < -0.4 is 16.4 Å². The lowest BCUT2D eigenvalue weighted by Gasteiger charge is -2.29. The van der Waals surface area contributed by atoms with Gasteiger partial charge in [0.25, 0.3) is 17.4 Å². The van der Waals surface area contributed by atoms with E-state index in [9.17, 15) is 19.2 Å². The molecule has 2 atom stereocenters. The van der Waals surface area contributed by atoms with Crippen LogP contribution in [-0.4, -0.2) is 49.1 Å². The molecule has 3 heterocycles. The zero-order chi connectivity index (χ0) is 21.5. The molecule has 9 nitrogen and oxygen atoms in total. The lowest BCUT2D eigenvalue weighted by molar-refractivity contribution is -0.138. The fourth-order valence-electron chi connectivity index (χ4n) is 4.04. The maximum Gasteiger partial charge on any atom is 0.290 e. The molecule has 0 saturated carbocycles. The van der Waals surface area contributed by atoms with E-state index >= 15 is 0 Å². The molecule has 2 saturated heterocycles. The van der Waals surface area contributed by atoms with Crippen molar-refractivity contribution in [2.75, 3.05) is 5.75 Å². The first-order valence-corrected chi connectivity index (χ1v) is 10.9. The van der Waals surface area contributed by atoms with Gasteiger partial charge in [-0.2, -0.15) is 5.10 Å². The van der Waals surface area contributed by atoms with Gasteiger partial charge in [-0.05, 0) is 25.8 Å². The van der Waals surface area contributed by atoms with Crippen LogP contribution in [0, 0.1) is 0 Å². The average molecular weight is 430 g/mol. The summed E-state index contributed by atoms with van der Waals surface area (Å²) in [7, 11) is 0. The number of nitrogens with zero attached hydrogens (tertiary/aromatic N) is 3. The average Bonchev–Trinajstić information content (AvgIpc) is 3.24. The number of fused-ring (bicyclic) bond motifs is 2. The highest BCUT2D eigenvalue weighted by Gasteiger charge is 2.52. The van der Waals surface area contributed by atoms with E-state index < -0.39 is 17.9 Å². The number of carbonyl (C=O) groups excluding carboxylic acids is 3. The predicted octanol–water partition coefficient (Wildman–Crippen LogP) is 1.02. The maximum absolute atomic E-state index is 12.8. The third kappa shape index (κ3) is 3.34. The minimum absolute atomic E-state index is 0.0479. The van der Waals surface area contributed by atoms with Gasteiger partial charge in [-0.3, -0.25) is 30.0 Å². The third-order valence-corrected chi connectivity index (χ3v) is 7.07. The Morgan fingerprint density at radius 3 is 2.70 bits per heavy atom. The molecule has 0 aliphatic carbocycles. The highest BCUT2D eigenvalue weighted by Crippen LogP contribution is 2.47. The fraction of sp³-hybridized carbons (Fsp3) is 0.450. The highest BCUT2D eigenvalue weighted by molar-refractivity contribution is 8.01. The molecule has 2 N–H and O–H groups in total. The number of benzene rings is 1. The topological polar surface area (TPSA) is 113 Å². The Morgan fingerprint density at radius 2 is 1.97 bits per heavy atom. The molecule has 2 fully saturated rings. The van der Waals surface area contributed by atoms with Crippen molar-refractivity contribution in [3.8, 4) is 0 Å². The molecule has 0 spiro atoms. The third-order valence-electron chi connectivity index (χ3n) is 5.56. The summed E-state index contributed by atoms with van der Waals surface area (Å²) in [5.74, 6) is -0.633. The number of hydrazine groups is 1. The first-order valence-electron chi connectivity index (χ1n) is 9.92. The van der Waals surface area contributed by atoms with Gasteiger partial charge >= 0.3 is 0 Å². The number of aryl methyl sites for hydroxylation is 1. The van der Waals surface area contributed by atoms with Gasteiger partial charge in [-0.25, -0.2) is 4.68 Å². The summed E-state index contributed by atoms with van der Waals surface area (Å²) in [4.78, 5) is 51.5. The Kier molecular flexibility index (Phi) is 5.27. The zero-order valence-corrected chi connectivity index (χ0v) is 17.6. The van der Waals surface area contributed by atoms with Crippen LogP contribution in [0.5, 0.6) is 0 Å². The molecule has 4 rings (SSSR count). The SMILES string of the molecule is CCCn1nc(C(=O)NNC(=O)C2CS[C@]3(C)CCC(=O)N23)c2ccccc2c1=O. The van der Waals surface area contributed by atoms with Crippen molar-refractivity contribution >= 4 is 40.3 Å². The Morgan fingerprint density at radius 1 is 1.23 bits per heavy atom. The van der Waals surface area contributed by atoms with E-state index in [1.807, 2.05) is 13.8 Å². The number of hydrogen-bond donors (Lipinski definition) is 2. The fourth-order valence-corrected chi connectivity index (χ4v) is 5.47. The number of carbonyl (C=O) groups is 3. The highest BCUT2D eigenvalue weighted by atomic mass is 32.2. The lowest BCUT2D eigenvalue weighted by atomic mass is 10.1. The minimum atomic E-state index is -0.631. The van der Waals surface area contributed by atoms with Gasteiger partial charge in [0, 0.05) is 24.1 Å². The van der Waals surface area contributed by atoms with Crippen molar-refractivity contribution < 1.29 is 14.4 Å². The molecule has 0 bridgehead atoms. The van der Waals surface area contributed by atoms with Gasteiger partial charge in [-0.15, -0.1) is 11.8 Å². The summed E-state index contributed by atoms with van der Waals surface area (Å²) in [6, 6.07) is 6.12. The van der Waals surface area contributed by atoms with Crippen LogP contribution in [0.25, 0.3) is 10.8 Å². The Bertz CT molecular complexity index is 1100. The van der Waals surface area contributed by atoms with Crippen molar-refractivity contribution in [2.45, 2.75) is 50.6 Å². The lowest BCUT2D eigenvalue weighted by Crippen LogP contribution is -2.54. The van der Waals surface area contributed by atoms with Crippen molar-refractivity contribution in [1.29, 1.82) is 0 Å². The van der Waals surface area contributed by atoms with Crippen LogP contribution in [0.1, 0.15) is 43.6 Å². The van der Waals surface area contributed by atoms with Crippen LogP contribution in [0.4, 0.5) is 0 Å². The van der Waals surface area contributed by atoms with Gasteiger partial charge < -0.3 is 4.90 Å². The number of amides is 3.